The zero-order chi connectivity index (χ0) is 15.5. The van der Waals surface area contributed by atoms with E-state index in [-0.39, 0.29) is 4.90 Å². The fourth-order valence-electron chi connectivity index (χ4n) is 1.99. The summed E-state index contributed by atoms with van der Waals surface area (Å²) >= 11 is 0. The molecule has 20 heavy (non-hydrogen) atoms. The molecular weight excluding hydrogens is 286 g/mol. The lowest BCUT2D eigenvalue weighted by molar-refractivity contribution is 0.126. The van der Waals surface area contributed by atoms with E-state index in [1.807, 2.05) is 6.92 Å². The van der Waals surface area contributed by atoms with Crippen LogP contribution in [0.5, 0.6) is 0 Å². The Hall–Kier alpha value is -1.05. The molecule has 0 atom stereocenters. The van der Waals surface area contributed by atoms with Gasteiger partial charge >= 0.3 is 0 Å². The summed E-state index contributed by atoms with van der Waals surface area (Å²) < 4.78 is 50.1. The van der Waals surface area contributed by atoms with Crippen LogP contribution in [0.3, 0.4) is 0 Å². The summed E-state index contributed by atoms with van der Waals surface area (Å²) in [6.07, 6.45) is -2.70. The number of sulfonamides is 1. The Morgan fingerprint density at radius 3 is 2.35 bits per heavy atom. The van der Waals surface area contributed by atoms with Crippen molar-refractivity contribution < 1.29 is 17.2 Å². The maximum Gasteiger partial charge on any atom is 0.252 e. The van der Waals surface area contributed by atoms with Crippen LogP contribution < -0.4 is 5.32 Å². The zero-order valence-electron chi connectivity index (χ0n) is 12.1. The van der Waals surface area contributed by atoms with E-state index in [1.54, 1.807) is 26.1 Å². The first-order valence-electron chi connectivity index (χ1n) is 6.19. The Labute approximate surface area is 118 Å². The number of nitrogens with zero attached hydrogens (tertiary/aromatic N) is 1. The van der Waals surface area contributed by atoms with Crippen molar-refractivity contribution in [1.82, 2.24) is 9.62 Å². The number of benzene rings is 1. The first kappa shape index (κ1) is 17.0. The predicted octanol–water partition coefficient (Wildman–Crippen LogP) is 1.91. The lowest BCUT2D eigenvalue weighted by Gasteiger charge is -2.19. The molecule has 0 amide bonds. The van der Waals surface area contributed by atoms with Crippen LogP contribution in [0.15, 0.2) is 17.0 Å². The van der Waals surface area contributed by atoms with Gasteiger partial charge in [0.2, 0.25) is 10.0 Å². The smallest absolute Gasteiger partial charge is 0.252 e. The molecule has 114 valence electrons. The van der Waals surface area contributed by atoms with Crippen LogP contribution in [0.25, 0.3) is 0 Å². The molecule has 0 saturated carbocycles. The molecule has 0 aliphatic heterocycles. The minimum atomic E-state index is -3.90. The summed E-state index contributed by atoms with van der Waals surface area (Å²) in [6.45, 7) is 3.27. The normalized spacial score (nSPS) is 12.4. The molecule has 1 N–H and O–H groups in total. The van der Waals surface area contributed by atoms with Crippen molar-refractivity contribution in [2.24, 2.45) is 0 Å². The summed E-state index contributed by atoms with van der Waals surface area (Å²) in [5, 5.41) is 2.96. The molecule has 1 aromatic carbocycles. The molecule has 1 aromatic rings. The summed E-state index contributed by atoms with van der Waals surface area (Å²) in [5.74, 6) is 0. The van der Waals surface area contributed by atoms with E-state index in [0.717, 1.165) is 11.1 Å². The fraction of sp³-hybridized carbons (Fsp3) is 0.538. The molecule has 0 fully saturated rings. The highest BCUT2D eigenvalue weighted by Gasteiger charge is 2.25. The Morgan fingerprint density at radius 2 is 1.85 bits per heavy atom. The molecule has 0 aliphatic carbocycles. The number of alkyl halides is 2. The maximum absolute atomic E-state index is 12.4. The molecule has 0 spiro atoms. The first-order chi connectivity index (χ1) is 9.20. The molecule has 0 unspecified atom stereocenters. The molecule has 0 aliphatic rings. The lowest BCUT2D eigenvalue weighted by Crippen LogP contribution is -2.32. The quantitative estimate of drug-likeness (QED) is 0.873. The fourth-order valence-corrected chi connectivity index (χ4v) is 3.40. The number of nitrogens with one attached hydrogen (secondary N) is 1. The molecular formula is C13H20F2N2O2S. The summed E-state index contributed by atoms with van der Waals surface area (Å²) in [5.41, 5.74) is 2.36. The molecule has 0 saturated heterocycles. The van der Waals surface area contributed by atoms with Crippen molar-refractivity contribution in [3.8, 4) is 0 Å². The maximum atomic E-state index is 12.4. The average molecular weight is 306 g/mol. The van der Waals surface area contributed by atoms with Crippen LogP contribution in [-0.2, 0) is 16.6 Å². The topological polar surface area (TPSA) is 49.4 Å². The zero-order valence-corrected chi connectivity index (χ0v) is 12.9. The molecule has 7 heteroatoms. The van der Waals surface area contributed by atoms with Gasteiger partial charge in [-0.05, 0) is 43.7 Å². The predicted molar refractivity (Wildman–Crippen MR) is 74.5 cm³/mol. The van der Waals surface area contributed by atoms with Crippen LogP contribution in [0.4, 0.5) is 8.78 Å². The first-order valence-corrected chi connectivity index (χ1v) is 7.63. The summed E-state index contributed by atoms with van der Waals surface area (Å²) in [4.78, 5) is 0.0801. The molecule has 0 bridgehead atoms. The van der Waals surface area contributed by atoms with E-state index >= 15 is 0 Å². The van der Waals surface area contributed by atoms with E-state index in [4.69, 9.17) is 0 Å². The second-order valence-electron chi connectivity index (χ2n) is 4.75. The van der Waals surface area contributed by atoms with Crippen molar-refractivity contribution in [3.63, 3.8) is 0 Å². The van der Waals surface area contributed by atoms with E-state index in [0.29, 0.717) is 16.4 Å². The molecule has 0 aromatic heterocycles. The van der Waals surface area contributed by atoms with E-state index < -0.39 is 23.0 Å². The van der Waals surface area contributed by atoms with Gasteiger partial charge in [-0.3, -0.25) is 0 Å². The highest BCUT2D eigenvalue weighted by Crippen LogP contribution is 2.23. The van der Waals surface area contributed by atoms with Gasteiger partial charge in [0.15, 0.2) is 0 Å². The van der Waals surface area contributed by atoms with Gasteiger partial charge in [0.25, 0.3) is 6.43 Å². The Morgan fingerprint density at radius 1 is 1.25 bits per heavy atom. The SMILES string of the molecule is CNCc1cc(S(=O)(=O)N(C)CC(F)F)c(C)cc1C. The number of hydrogen-bond donors (Lipinski definition) is 1. The van der Waals surface area contributed by atoms with Gasteiger partial charge in [0.05, 0.1) is 11.4 Å². The standard InChI is InChI=1S/C13H20F2N2O2S/c1-9-5-10(2)12(6-11(9)7-16-3)20(18,19)17(4)8-13(14)15/h5-6,13,16H,7-8H2,1-4H3. The largest absolute Gasteiger partial charge is 0.316 e. The van der Waals surface area contributed by atoms with Crippen LogP contribution in [0.1, 0.15) is 16.7 Å². The van der Waals surface area contributed by atoms with Gasteiger partial charge < -0.3 is 5.32 Å². The Kier molecular flexibility index (Phi) is 5.61. The van der Waals surface area contributed by atoms with Gasteiger partial charge in [-0.1, -0.05) is 6.07 Å². The number of hydrogen-bond acceptors (Lipinski definition) is 3. The van der Waals surface area contributed by atoms with Crippen molar-refractivity contribution in [1.29, 1.82) is 0 Å². The summed E-state index contributed by atoms with van der Waals surface area (Å²) in [7, 11) is -0.971. The second kappa shape index (κ2) is 6.60. The van der Waals surface area contributed by atoms with Gasteiger partial charge in [-0.2, -0.15) is 4.31 Å². The number of rotatable bonds is 6. The molecule has 0 heterocycles. The summed E-state index contributed by atoms with van der Waals surface area (Å²) in [6, 6.07) is 3.31. The van der Waals surface area contributed by atoms with Crippen LogP contribution in [-0.4, -0.2) is 39.8 Å². The van der Waals surface area contributed by atoms with Crippen molar-refractivity contribution in [3.05, 3.63) is 28.8 Å². The minimum Gasteiger partial charge on any atom is -0.316 e. The van der Waals surface area contributed by atoms with E-state index in [2.05, 4.69) is 5.32 Å². The Bertz CT molecular complexity index is 574. The van der Waals surface area contributed by atoms with Crippen molar-refractivity contribution in [2.75, 3.05) is 20.6 Å². The number of aryl methyl sites for hydroxylation is 2. The van der Waals surface area contributed by atoms with Gasteiger partial charge in [0, 0.05) is 13.6 Å². The van der Waals surface area contributed by atoms with Gasteiger partial charge in [-0.15, -0.1) is 0 Å². The third kappa shape index (κ3) is 3.74. The molecule has 1 rings (SSSR count). The number of halogens is 2. The monoisotopic (exact) mass is 306 g/mol. The van der Waals surface area contributed by atoms with Gasteiger partial charge in [-0.25, -0.2) is 17.2 Å². The van der Waals surface area contributed by atoms with E-state index in [9.17, 15) is 17.2 Å². The van der Waals surface area contributed by atoms with Crippen LogP contribution >= 0.6 is 0 Å². The highest BCUT2D eigenvalue weighted by atomic mass is 32.2. The van der Waals surface area contributed by atoms with Crippen molar-refractivity contribution in [2.45, 2.75) is 31.7 Å². The van der Waals surface area contributed by atoms with Gasteiger partial charge in [0.1, 0.15) is 0 Å². The lowest BCUT2D eigenvalue weighted by atomic mass is 10.1. The third-order valence-electron chi connectivity index (χ3n) is 3.08. The minimum absolute atomic E-state index is 0.0801. The molecule has 0 radical (unpaired) electrons. The highest BCUT2D eigenvalue weighted by molar-refractivity contribution is 7.89. The van der Waals surface area contributed by atoms with E-state index in [1.165, 1.54) is 7.05 Å². The van der Waals surface area contributed by atoms with Crippen LogP contribution in [0, 0.1) is 13.8 Å². The Balaban J connectivity index is 3.27. The third-order valence-corrected chi connectivity index (χ3v) is 5.05. The second-order valence-corrected chi connectivity index (χ2v) is 6.76. The average Bonchev–Trinajstić information content (AvgIpc) is 2.31. The van der Waals surface area contributed by atoms with Crippen molar-refractivity contribution >= 4 is 10.0 Å². The van der Waals surface area contributed by atoms with Crippen LogP contribution in [0.2, 0.25) is 0 Å². The molecule has 4 nitrogen and oxygen atoms in total.